The monoisotopic (exact) mass is 1860 g/mol. The fourth-order valence-corrected chi connectivity index (χ4v) is 18.1. The lowest BCUT2D eigenvalue weighted by Crippen LogP contribution is -2.62. The molecule has 15 amide bonds. The summed E-state index contributed by atoms with van der Waals surface area (Å²) >= 11 is 0.840. The fraction of sp³-hybridized carbons (Fsp3) is 0.449. The predicted octanol–water partition coefficient (Wildman–Crippen LogP) is 3.95. The van der Waals surface area contributed by atoms with E-state index in [9.17, 15) is 44.1 Å². The van der Waals surface area contributed by atoms with Crippen molar-refractivity contribution in [3.8, 4) is 11.5 Å². The molecule has 4 heterocycles. The van der Waals surface area contributed by atoms with Crippen molar-refractivity contribution in [2.75, 3.05) is 52.3 Å². The van der Waals surface area contributed by atoms with E-state index in [4.69, 9.17) is 5.73 Å². The number of likely N-dealkylation sites (N-methyl/N-ethyl adjacent to an activating group) is 3. The minimum atomic E-state index is -1.89. The topological polar surface area (TPSA) is 500 Å². The normalized spacial score (nSPS) is 23.7. The number of para-hydroxylation sites is 1. The smallest absolute Gasteiger partial charge is 0.305 e. The molecule has 0 radical (unpaired) electrons. The Labute approximate surface area is 783 Å². The number of nitrogens with zero attached hydrogens (tertiary/aromatic N) is 5. The van der Waals surface area contributed by atoms with Crippen molar-refractivity contribution < 1.29 is 92.0 Å². The van der Waals surface area contributed by atoms with Crippen molar-refractivity contribution in [2.24, 2.45) is 17.6 Å². The molecule has 3 saturated heterocycles. The number of carbonyl (C=O) groups excluding carboxylic acids is 15. The summed E-state index contributed by atoms with van der Waals surface area (Å²) in [4.78, 5) is 249. The Hall–Kier alpha value is -13.7. The number of phenolic OH excluding ortho intramolecular Hbond substituents is 2. The van der Waals surface area contributed by atoms with Gasteiger partial charge in [-0.3, -0.25) is 76.7 Å². The zero-order chi connectivity index (χ0) is 97.1. The van der Waals surface area contributed by atoms with E-state index < -0.39 is 204 Å². The van der Waals surface area contributed by atoms with Gasteiger partial charge >= 0.3 is 5.97 Å². The van der Waals surface area contributed by atoms with E-state index in [1.165, 1.54) is 89.3 Å². The number of aromatic hydroxyl groups is 2. The zero-order valence-electron chi connectivity index (χ0n) is 76.9. The predicted molar refractivity (Wildman–Crippen MR) is 501 cm³/mol. The number of unbranched alkanes of at least 4 members (excludes halogenated alkanes) is 1. The number of carbonyl (C=O) groups is 16. The van der Waals surface area contributed by atoms with E-state index in [0.717, 1.165) is 16.7 Å². The molecule has 6 aromatic carbocycles. The number of aliphatic carboxylic acids is 1. The number of rotatable bonds is 23. The van der Waals surface area contributed by atoms with Gasteiger partial charge in [-0.1, -0.05) is 188 Å². The number of hydrogen-bond acceptors (Lipinski definition) is 19. The van der Waals surface area contributed by atoms with Crippen LogP contribution < -0.4 is 53.6 Å². The number of H-pyrrole nitrogens is 1. The molecule has 3 aliphatic rings. The minimum absolute atomic E-state index is 0.0200. The first kappa shape index (κ1) is 102. The Balaban J connectivity index is 1.06. The number of benzene rings is 6. The van der Waals surface area contributed by atoms with E-state index in [1.54, 1.807) is 156 Å². The number of fused-ring (bicyclic) bond motifs is 3. The van der Waals surface area contributed by atoms with E-state index >= 15 is 47.9 Å². The van der Waals surface area contributed by atoms with Crippen molar-refractivity contribution >= 4 is 117 Å². The summed E-state index contributed by atoms with van der Waals surface area (Å²) in [6, 6.07) is 25.2. The van der Waals surface area contributed by atoms with Crippen LogP contribution in [0.4, 0.5) is 0 Å². The average Bonchev–Trinajstić information content (AvgIpc) is 1.61. The molecule has 1 aromatic heterocycles. The molecule has 3 aliphatic heterocycles. The molecule has 7 aromatic rings. The van der Waals surface area contributed by atoms with Gasteiger partial charge in [-0.25, -0.2) is 0 Å². The molecule has 134 heavy (non-hydrogen) atoms. The number of thioether (sulfide) groups is 1. The van der Waals surface area contributed by atoms with Crippen LogP contribution in [0.3, 0.4) is 0 Å². The van der Waals surface area contributed by atoms with Gasteiger partial charge in [0.2, 0.25) is 88.6 Å². The van der Waals surface area contributed by atoms with Crippen LogP contribution in [0.25, 0.3) is 10.9 Å². The van der Waals surface area contributed by atoms with Crippen molar-refractivity contribution in [3.63, 3.8) is 0 Å². The molecular formula is C98H124N16O19S. The maximum absolute atomic E-state index is 15.9. The summed E-state index contributed by atoms with van der Waals surface area (Å²) in [5.74, 6) is -17.8. The number of nitrogens with one attached hydrogen (secondary N) is 10. The number of hydrogen-bond donors (Lipinski definition) is 14. The number of primary amides is 1. The second-order valence-electron chi connectivity index (χ2n) is 35.4. The maximum Gasteiger partial charge on any atom is 0.305 e. The molecule has 0 saturated carbocycles. The highest BCUT2D eigenvalue weighted by Gasteiger charge is 2.47. The van der Waals surface area contributed by atoms with Gasteiger partial charge in [-0.2, -0.15) is 0 Å². The van der Waals surface area contributed by atoms with Gasteiger partial charge in [0.25, 0.3) is 0 Å². The first-order chi connectivity index (χ1) is 64.0. The summed E-state index contributed by atoms with van der Waals surface area (Å²) in [5.41, 5.74) is 9.26. The number of phenols is 2. The van der Waals surface area contributed by atoms with Gasteiger partial charge < -0.3 is 98.4 Å². The Bertz CT molecular complexity index is 5300. The molecule has 0 aliphatic carbocycles. The number of aromatic amines is 1. The molecule has 716 valence electrons. The first-order valence-corrected chi connectivity index (χ1v) is 46.6. The molecule has 36 heteroatoms. The van der Waals surface area contributed by atoms with Crippen LogP contribution in [-0.2, 0) is 109 Å². The van der Waals surface area contributed by atoms with Crippen LogP contribution in [0.15, 0.2) is 170 Å². The van der Waals surface area contributed by atoms with Crippen LogP contribution in [0.1, 0.15) is 139 Å². The van der Waals surface area contributed by atoms with Gasteiger partial charge in [0.15, 0.2) is 0 Å². The van der Waals surface area contributed by atoms with Crippen molar-refractivity contribution in [2.45, 2.75) is 216 Å². The first-order valence-electron chi connectivity index (χ1n) is 45.4. The second kappa shape index (κ2) is 48.6. The third-order valence-electron chi connectivity index (χ3n) is 24.6. The summed E-state index contributed by atoms with van der Waals surface area (Å²) in [7, 11) is 4.11. The minimum Gasteiger partial charge on any atom is -0.508 e. The number of carboxylic acid groups (broad SMARTS) is 1. The highest BCUT2D eigenvalue weighted by atomic mass is 32.2. The molecule has 3 fully saturated rings. The summed E-state index contributed by atoms with van der Waals surface area (Å²) in [5, 5.41) is 56.7. The third-order valence-corrected chi connectivity index (χ3v) is 25.7. The lowest BCUT2D eigenvalue weighted by molar-refractivity contribution is -0.152. The number of carboxylic acids is 1. The van der Waals surface area contributed by atoms with Crippen molar-refractivity contribution in [3.05, 3.63) is 203 Å². The van der Waals surface area contributed by atoms with Crippen molar-refractivity contribution in [1.82, 2.24) is 77.3 Å². The molecule has 14 atom stereocenters. The van der Waals surface area contributed by atoms with Crippen molar-refractivity contribution in [1.29, 1.82) is 0 Å². The SMILES string of the molecule is CCCC[C@H]1C(=O)N2CCC[C@@H]2C(=O)N[C@@H](CC(=O)O)C(=O)N[C@@H](C(C)C)C(=O)N(C)[C@@H](Cc2ccccc2)C(=O)N[C@@H](Cc2ccc(O)cc2)C(=O)N2CCC[C@@H]2C(=O)N[C@@H]([C@@H](C)c2c[nH]c3ccccc23)C(=O)N[C@@H](Cc2ccc(O)cc2)C(=O)N[C@@H](CC(C)C)C(=O)N[C@H](C(=O)NCC(N)=O)CSCC(=O)N[C@H](Cc2ccccc2)C(=O)N(C)[C@@H](Cc2ccccc2)C(=O)N1C. The Morgan fingerprint density at radius 1 is 0.470 bits per heavy atom. The summed E-state index contributed by atoms with van der Waals surface area (Å²) in [6.45, 7) is 9.48. The second-order valence-corrected chi connectivity index (χ2v) is 36.4. The number of amides is 15. The maximum atomic E-state index is 15.9. The van der Waals surface area contributed by atoms with Crippen LogP contribution in [0.5, 0.6) is 11.5 Å². The highest BCUT2D eigenvalue weighted by Crippen LogP contribution is 2.32. The summed E-state index contributed by atoms with van der Waals surface area (Å²) in [6.07, 6.45) is 1.06. The van der Waals surface area contributed by atoms with Crippen LogP contribution >= 0.6 is 11.8 Å². The van der Waals surface area contributed by atoms with Crippen LogP contribution in [-0.4, -0.2) is 270 Å². The Kier molecular flexibility index (Phi) is 37.2. The van der Waals surface area contributed by atoms with E-state index in [1.807, 2.05) is 6.92 Å². The largest absolute Gasteiger partial charge is 0.508 e. The summed E-state index contributed by atoms with van der Waals surface area (Å²) < 4.78 is 0. The molecule has 0 bridgehead atoms. The average molecular weight is 1860 g/mol. The van der Waals surface area contributed by atoms with Gasteiger partial charge in [-0.05, 0) is 114 Å². The standard InChI is InChI=1S/C98H124N16O19S/c1-10-11-33-78-97(132)114-45-24-34-76(114)90(125)104-72(52-83(119)120)89(124)108-84(58(4)5)98(133)111(8)79(50-61-27-17-13-18-28-61)92(127)106-74(49-64-38-42-66(116)43-39-64)95(130)113-44-23-35-77(113)91(126)109-85(59(6)68-53-100-69-32-22-21-31-67(68)69)93(128)105-71(47-63-36-40-65(115)41-37-63)88(123)103-70(46-57(2)3)87(122)107-75(86(121)101-54-81(99)117)55-134-56-82(118)102-73(48-60-25-15-12-16-26-60)94(129)112(9)80(96(131)110(78)7)51-62-29-19-14-20-30-62/h12-22,25-32,36-43,53,57-59,70-80,84-85,100,115-116H,10-11,23-24,33-35,44-52,54-56H2,1-9H3,(H2,99,117)(H,101,121)(H,102,118)(H,103,123)(H,104,125)(H,105,128)(H,106,127)(H,107,122)(H,108,124)(H,109,126)(H,119,120)/t59-,70-,71-,72-,73+,74-,75-,76+,77+,78-,79-,80-,84-,85-/m0/s1. The van der Waals surface area contributed by atoms with Gasteiger partial charge in [-0.15, -0.1) is 11.8 Å². The lowest BCUT2D eigenvalue weighted by Gasteiger charge is -2.38. The zero-order valence-corrected chi connectivity index (χ0v) is 77.8. The van der Waals surface area contributed by atoms with E-state index in [0.29, 0.717) is 57.1 Å². The molecule has 0 unspecified atom stereocenters. The Morgan fingerprint density at radius 3 is 1.49 bits per heavy atom. The molecule has 15 N–H and O–H groups in total. The number of aromatic nitrogens is 1. The van der Waals surface area contributed by atoms with Gasteiger partial charge in [0.05, 0.1) is 18.7 Å². The molecule has 35 nitrogen and oxygen atoms in total. The molecule has 10 rings (SSSR count). The lowest BCUT2D eigenvalue weighted by atomic mass is 9.91. The van der Waals surface area contributed by atoms with Crippen LogP contribution in [0.2, 0.25) is 0 Å². The molecule has 0 spiro atoms. The fourth-order valence-electron chi connectivity index (χ4n) is 17.2. The van der Waals surface area contributed by atoms with E-state index in [2.05, 4.69) is 52.8 Å². The van der Waals surface area contributed by atoms with Crippen LogP contribution in [0, 0.1) is 11.8 Å². The third kappa shape index (κ3) is 28.0. The molecular weight excluding hydrogens is 1740 g/mol. The number of nitrogens with two attached hydrogens (primary N) is 1. The Morgan fingerprint density at radius 2 is 0.933 bits per heavy atom. The highest BCUT2D eigenvalue weighted by molar-refractivity contribution is 8.00. The van der Waals surface area contributed by atoms with Gasteiger partial charge in [0.1, 0.15) is 90.0 Å². The van der Waals surface area contributed by atoms with Gasteiger partial charge in [0, 0.05) is 95.1 Å². The van der Waals surface area contributed by atoms with E-state index in [-0.39, 0.29) is 107 Å². The quantitative estimate of drug-likeness (QED) is 0.0431.